The van der Waals surface area contributed by atoms with Gasteiger partial charge in [0.1, 0.15) is 0 Å². The van der Waals surface area contributed by atoms with Crippen LogP contribution in [0.25, 0.3) is 0 Å². The first kappa shape index (κ1) is 20.8. The average Bonchev–Trinajstić information content (AvgIpc) is 2.86. The Balaban J connectivity index is 2.14. The van der Waals surface area contributed by atoms with E-state index in [2.05, 4.69) is 6.58 Å². The van der Waals surface area contributed by atoms with Crippen LogP contribution in [-0.4, -0.2) is 11.7 Å². The Labute approximate surface area is 184 Å². The zero-order chi connectivity index (χ0) is 21.6. The predicted octanol–water partition coefficient (Wildman–Crippen LogP) is 6.07. The predicted molar refractivity (Wildman–Crippen MR) is 126 cm³/mol. The van der Waals surface area contributed by atoms with E-state index >= 15 is 0 Å². The van der Waals surface area contributed by atoms with Crippen LogP contribution in [0.1, 0.15) is 22.3 Å². The first-order valence-electron chi connectivity index (χ1n) is 10.4. The normalized spacial score (nSPS) is 11.8. The van der Waals surface area contributed by atoms with Crippen molar-refractivity contribution in [1.82, 2.24) is 0 Å². The third-order valence-corrected chi connectivity index (χ3v) is 5.67. The van der Waals surface area contributed by atoms with Crippen LogP contribution >= 0.6 is 0 Å². The summed E-state index contributed by atoms with van der Waals surface area (Å²) < 4.78 is 6.66. The summed E-state index contributed by atoms with van der Waals surface area (Å²) in [5.41, 5.74) is 0.487. The van der Waals surface area contributed by atoms with Crippen molar-refractivity contribution in [2.45, 2.75) is 11.2 Å². The van der Waals surface area contributed by atoms with Crippen molar-refractivity contribution >= 4 is 0 Å². The van der Waals surface area contributed by atoms with E-state index in [0.29, 0.717) is 0 Å². The fourth-order valence-electron chi connectivity index (χ4n) is 4.32. The van der Waals surface area contributed by atoms with Crippen LogP contribution in [0.4, 0.5) is 0 Å². The molecule has 0 radical (unpaired) electrons. The zero-order valence-electron chi connectivity index (χ0n) is 17.4. The first-order valence-corrected chi connectivity index (χ1v) is 10.4. The van der Waals surface area contributed by atoms with Gasteiger partial charge < -0.3 is 9.84 Å². The van der Waals surface area contributed by atoms with Crippen LogP contribution in [0, 0.1) is 0 Å². The van der Waals surface area contributed by atoms with Gasteiger partial charge in [0.05, 0.1) is 6.61 Å². The van der Waals surface area contributed by atoms with Crippen molar-refractivity contribution in [2.24, 2.45) is 0 Å². The molecular formula is C29H26O2. The average molecular weight is 407 g/mol. The number of rotatable bonds is 8. The van der Waals surface area contributed by atoms with Crippen molar-refractivity contribution in [2.75, 3.05) is 6.61 Å². The molecular weight excluding hydrogens is 380 g/mol. The van der Waals surface area contributed by atoms with Crippen LogP contribution in [0.3, 0.4) is 0 Å². The van der Waals surface area contributed by atoms with Gasteiger partial charge in [-0.05, 0) is 22.3 Å². The highest BCUT2D eigenvalue weighted by Crippen LogP contribution is 2.52. The Morgan fingerprint density at radius 3 is 1.23 bits per heavy atom. The number of ether oxygens (including phenoxy) is 1. The van der Waals surface area contributed by atoms with Gasteiger partial charge in [-0.2, -0.15) is 0 Å². The smallest absolute Gasteiger partial charge is 0.155 e. The summed E-state index contributed by atoms with van der Waals surface area (Å²) >= 11 is 0. The molecule has 154 valence electrons. The molecule has 0 saturated carbocycles. The lowest BCUT2D eigenvalue weighted by Gasteiger charge is -2.48. The quantitative estimate of drug-likeness (QED) is 0.360. The van der Waals surface area contributed by atoms with E-state index in [-0.39, 0.29) is 6.61 Å². The van der Waals surface area contributed by atoms with E-state index in [0.717, 1.165) is 22.3 Å². The summed E-state index contributed by atoms with van der Waals surface area (Å²) in [6.07, 6.45) is 1.72. The summed E-state index contributed by atoms with van der Waals surface area (Å²) in [5, 5.41) is 12.8. The summed E-state index contributed by atoms with van der Waals surface area (Å²) in [5.74, 6) is 0. The van der Waals surface area contributed by atoms with Gasteiger partial charge in [-0.15, -0.1) is 6.58 Å². The molecule has 1 N–H and O–H groups in total. The summed E-state index contributed by atoms with van der Waals surface area (Å²) in [4.78, 5) is 0. The molecule has 0 saturated heterocycles. The highest BCUT2D eigenvalue weighted by molar-refractivity contribution is 5.50. The first-order chi connectivity index (χ1) is 15.2. The van der Waals surface area contributed by atoms with Gasteiger partial charge in [-0.25, -0.2) is 0 Å². The molecule has 2 heteroatoms. The molecule has 0 aliphatic heterocycles. The van der Waals surface area contributed by atoms with Crippen molar-refractivity contribution in [3.8, 4) is 0 Å². The maximum absolute atomic E-state index is 12.8. The maximum atomic E-state index is 12.8. The van der Waals surface area contributed by atoms with Crippen molar-refractivity contribution < 1.29 is 9.84 Å². The third kappa shape index (κ3) is 3.61. The van der Waals surface area contributed by atoms with Crippen LogP contribution in [0.5, 0.6) is 0 Å². The minimum Gasteiger partial charge on any atom is -0.377 e. The molecule has 0 fully saturated rings. The van der Waals surface area contributed by atoms with Gasteiger partial charge >= 0.3 is 0 Å². The van der Waals surface area contributed by atoms with Gasteiger partial charge in [0.2, 0.25) is 0 Å². The summed E-state index contributed by atoms with van der Waals surface area (Å²) in [6, 6.07) is 39.3. The van der Waals surface area contributed by atoms with Crippen molar-refractivity contribution in [3.05, 3.63) is 156 Å². The van der Waals surface area contributed by atoms with E-state index in [1.807, 2.05) is 121 Å². The number of benzene rings is 4. The third-order valence-electron chi connectivity index (χ3n) is 5.67. The molecule has 4 aromatic carbocycles. The number of hydrogen-bond donors (Lipinski definition) is 1. The molecule has 0 aliphatic rings. The van der Waals surface area contributed by atoms with Gasteiger partial charge in [0, 0.05) is 0 Å². The van der Waals surface area contributed by atoms with E-state index in [1.54, 1.807) is 6.08 Å². The van der Waals surface area contributed by atoms with Crippen molar-refractivity contribution in [1.29, 1.82) is 0 Å². The summed E-state index contributed by atoms with van der Waals surface area (Å²) in [6.45, 7) is 4.14. The highest BCUT2D eigenvalue weighted by atomic mass is 16.5. The molecule has 0 aromatic heterocycles. The lowest BCUT2D eigenvalue weighted by Crippen LogP contribution is -2.53. The van der Waals surface area contributed by atoms with Crippen LogP contribution in [0.15, 0.2) is 134 Å². The Kier molecular flexibility index (Phi) is 6.13. The molecule has 0 bridgehead atoms. The molecule has 31 heavy (non-hydrogen) atoms. The lowest BCUT2D eigenvalue weighted by molar-refractivity contribution is -0.145. The lowest BCUT2D eigenvalue weighted by atomic mass is 9.66. The number of aliphatic hydroxyl groups is 1. The van der Waals surface area contributed by atoms with Crippen LogP contribution < -0.4 is 0 Å². The fourth-order valence-corrected chi connectivity index (χ4v) is 4.32. The molecule has 0 unspecified atom stereocenters. The molecule has 0 atom stereocenters. The minimum atomic E-state index is -1.51. The van der Waals surface area contributed by atoms with Gasteiger partial charge in [-0.1, -0.05) is 127 Å². The Morgan fingerprint density at radius 1 is 0.581 bits per heavy atom. The molecule has 0 amide bonds. The van der Waals surface area contributed by atoms with E-state index in [1.165, 1.54) is 0 Å². The van der Waals surface area contributed by atoms with Crippen LogP contribution in [-0.2, 0) is 15.9 Å². The molecule has 2 nitrogen and oxygen atoms in total. The zero-order valence-corrected chi connectivity index (χ0v) is 17.4. The van der Waals surface area contributed by atoms with Gasteiger partial charge in [-0.3, -0.25) is 0 Å². The maximum Gasteiger partial charge on any atom is 0.155 e. The molecule has 4 rings (SSSR count). The Bertz CT molecular complexity index is 1010. The topological polar surface area (TPSA) is 29.5 Å². The number of hydrogen-bond acceptors (Lipinski definition) is 2. The Morgan fingerprint density at radius 2 is 0.903 bits per heavy atom. The van der Waals surface area contributed by atoms with E-state index in [4.69, 9.17) is 4.74 Å². The minimum absolute atomic E-state index is 0.270. The van der Waals surface area contributed by atoms with Gasteiger partial charge in [0.15, 0.2) is 11.2 Å². The summed E-state index contributed by atoms with van der Waals surface area (Å²) in [7, 11) is 0. The fraction of sp³-hybridized carbons (Fsp3) is 0.103. The monoisotopic (exact) mass is 406 g/mol. The molecule has 0 aliphatic carbocycles. The molecule has 0 heterocycles. The second-order valence-corrected chi connectivity index (χ2v) is 7.46. The second-order valence-electron chi connectivity index (χ2n) is 7.46. The largest absolute Gasteiger partial charge is 0.377 e. The second kappa shape index (κ2) is 9.13. The SMILES string of the molecule is C=CCOC(c1ccccc1)(c1ccccc1)C(O)(c1ccccc1)c1ccccc1. The van der Waals surface area contributed by atoms with Gasteiger partial charge in [0.25, 0.3) is 0 Å². The Hall–Kier alpha value is -3.46. The standard InChI is InChI=1S/C29H26O2/c1-2-23-31-29(26-19-11-5-12-20-26,27-21-13-6-14-22-27)28(30,24-15-7-3-8-16-24)25-17-9-4-10-18-25/h2-22,30H,1,23H2. The molecule has 4 aromatic rings. The molecule has 0 spiro atoms. The van der Waals surface area contributed by atoms with E-state index in [9.17, 15) is 5.11 Å². The highest BCUT2D eigenvalue weighted by Gasteiger charge is 2.56. The van der Waals surface area contributed by atoms with Crippen LogP contribution in [0.2, 0.25) is 0 Å². The van der Waals surface area contributed by atoms with E-state index < -0.39 is 11.2 Å². The van der Waals surface area contributed by atoms with Crippen molar-refractivity contribution in [3.63, 3.8) is 0 Å².